The van der Waals surface area contributed by atoms with Gasteiger partial charge in [0.25, 0.3) is 0 Å². The summed E-state index contributed by atoms with van der Waals surface area (Å²) in [4.78, 5) is 21.0. The SMILES string of the molecule is CC(C)(C)OC(=O)CCCOc1c(F)ccc([N+](=O)[O-])c1F. The highest BCUT2D eigenvalue weighted by Gasteiger charge is 2.23. The second kappa shape index (κ2) is 7.15. The molecular weight excluding hydrogens is 300 g/mol. The van der Waals surface area contributed by atoms with Gasteiger partial charge in [0, 0.05) is 12.5 Å². The van der Waals surface area contributed by atoms with Gasteiger partial charge in [0.15, 0.2) is 11.6 Å². The summed E-state index contributed by atoms with van der Waals surface area (Å²) in [6, 6.07) is 1.47. The number of nitro groups is 1. The van der Waals surface area contributed by atoms with Gasteiger partial charge in [-0.2, -0.15) is 4.39 Å². The van der Waals surface area contributed by atoms with Gasteiger partial charge in [-0.1, -0.05) is 0 Å². The highest BCUT2D eigenvalue weighted by molar-refractivity contribution is 5.69. The fourth-order valence-electron chi connectivity index (χ4n) is 1.58. The van der Waals surface area contributed by atoms with E-state index in [0.717, 1.165) is 12.1 Å². The Morgan fingerprint density at radius 3 is 2.50 bits per heavy atom. The van der Waals surface area contributed by atoms with Crippen LogP contribution in [0.5, 0.6) is 5.75 Å². The molecule has 0 saturated heterocycles. The smallest absolute Gasteiger partial charge is 0.308 e. The Bertz CT molecular complexity index is 569. The van der Waals surface area contributed by atoms with Gasteiger partial charge in [0.1, 0.15) is 5.60 Å². The van der Waals surface area contributed by atoms with Crippen LogP contribution in [-0.2, 0) is 9.53 Å². The highest BCUT2D eigenvalue weighted by atomic mass is 19.1. The number of carbonyl (C=O) groups is 1. The Morgan fingerprint density at radius 1 is 1.32 bits per heavy atom. The second-order valence-electron chi connectivity index (χ2n) is 5.51. The third-order valence-corrected chi connectivity index (χ3v) is 2.42. The number of rotatable bonds is 6. The number of hydrogen-bond donors (Lipinski definition) is 0. The minimum Gasteiger partial charge on any atom is -0.487 e. The highest BCUT2D eigenvalue weighted by Crippen LogP contribution is 2.29. The number of nitro benzene ring substituents is 1. The molecule has 0 unspecified atom stereocenters. The van der Waals surface area contributed by atoms with Crippen molar-refractivity contribution in [2.75, 3.05) is 6.61 Å². The topological polar surface area (TPSA) is 78.7 Å². The zero-order valence-electron chi connectivity index (χ0n) is 12.5. The van der Waals surface area contributed by atoms with Crippen molar-refractivity contribution in [1.82, 2.24) is 0 Å². The molecule has 0 heterocycles. The molecule has 0 saturated carbocycles. The van der Waals surface area contributed by atoms with Crippen molar-refractivity contribution in [3.8, 4) is 5.75 Å². The number of carbonyl (C=O) groups excluding carboxylic acids is 1. The quantitative estimate of drug-likeness (QED) is 0.348. The fourth-order valence-corrected chi connectivity index (χ4v) is 1.58. The van der Waals surface area contributed by atoms with Crippen molar-refractivity contribution in [3.05, 3.63) is 33.9 Å². The lowest BCUT2D eigenvalue weighted by Gasteiger charge is -2.19. The van der Waals surface area contributed by atoms with E-state index in [2.05, 4.69) is 0 Å². The first kappa shape index (κ1) is 17.8. The summed E-state index contributed by atoms with van der Waals surface area (Å²) in [5.74, 6) is -3.70. The van der Waals surface area contributed by atoms with Crippen LogP contribution >= 0.6 is 0 Å². The maximum absolute atomic E-state index is 13.7. The molecule has 122 valence electrons. The van der Waals surface area contributed by atoms with Crippen LogP contribution in [0.2, 0.25) is 0 Å². The van der Waals surface area contributed by atoms with Crippen LogP contribution in [0.25, 0.3) is 0 Å². The summed E-state index contributed by atoms with van der Waals surface area (Å²) in [6.45, 7) is 4.98. The molecule has 0 fully saturated rings. The molecule has 22 heavy (non-hydrogen) atoms. The molecule has 0 aliphatic rings. The van der Waals surface area contributed by atoms with Crippen molar-refractivity contribution in [2.24, 2.45) is 0 Å². The lowest BCUT2D eigenvalue weighted by Crippen LogP contribution is -2.24. The number of hydrogen-bond acceptors (Lipinski definition) is 5. The predicted molar refractivity (Wildman–Crippen MR) is 73.6 cm³/mol. The van der Waals surface area contributed by atoms with Crippen LogP contribution in [-0.4, -0.2) is 23.1 Å². The molecule has 0 amide bonds. The molecule has 1 rings (SSSR count). The molecule has 1 aromatic carbocycles. The molecule has 0 radical (unpaired) electrons. The van der Waals surface area contributed by atoms with E-state index >= 15 is 0 Å². The van der Waals surface area contributed by atoms with Gasteiger partial charge in [-0.3, -0.25) is 14.9 Å². The molecule has 8 heteroatoms. The summed E-state index contributed by atoms with van der Waals surface area (Å²) in [6.07, 6.45) is 0.173. The van der Waals surface area contributed by atoms with E-state index in [0.29, 0.717) is 0 Å². The maximum atomic E-state index is 13.7. The molecule has 0 atom stereocenters. The molecule has 0 aliphatic carbocycles. The molecule has 0 bridgehead atoms. The molecule has 0 spiro atoms. The minimum absolute atomic E-state index is 0.00936. The second-order valence-corrected chi connectivity index (χ2v) is 5.51. The molecular formula is C14H17F2NO5. The third kappa shape index (κ3) is 5.27. The largest absolute Gasteiger partial charge is 0.487 e. The lowest BCUT2D eigenvalue weighted by atomic mass is 10.2. The van der Waals surface area contributed by atoms with E-state index in [9.17, 15) is 23.7 Å². The summed E-state index contributed by atoms with van der Waals surface area (Å²) in [7, 11) is 0. The van der Waals surface area contributed by atoms with Crippen LogP contribution in [0.1, 0.15) is 33.6 Å². The lowest BCUT2D eigenvalue weighted by molar-refractivity contribution is -0.387. The predicted octanol–water partition coefficient (Wildman–Crippen LogP) is 3.37. The third-order valence-electron chi connectivity index (χ3n) is 2.42. The number of halogens is 2. The van der Waals surface area contributed by atoms with Gasteiger partial charge in [0.2, 0.25) is 5.82 Å². The van der Waals surface area contributed by atoms with Gasteiger partial charge >= 0.3 is 11.7 Å². The van der Waals surface area contributed by atoms with Crippen LogP contribution in [0.4, 0.5) is 14.5 Å². The van der Waals surface area contributed by atoms with Crippen LogP contribution in [0.3, 0.4) is 0 Å². The summed E-state index contributed by atoms with van der Waals surface area (Å²) in [5, 5.41) is 10.6. The van der Waals surface area contributed by atoms with E-state index in [4.69, 9.17) is 9.47 Å². The molecule has 6 nitrogen and oxygen atoms in total. The Morgan fingerprint density at radius 2 is 1.95 bits per heavy atom. The average molecular weight is 317 g/mol. The summed E-state index contributed by atoms with van der Waals surface area (Å²) in [5.41, 5.74) is -1.49. The monoisotopic (exact) mass is 317 g/mol. The first-order valence-electron chi connectivity index (χ1n) is 6.59. The standard InChI is InChI=1S/C14H17F2NO5/c1-14(2,3)22-11(18)5-4-8-21-13-9(15)6-7-10(12(13)16)17(19)20/h6-7H,4-5,8H2,1-3H3. The maximum Gasteiger partial charge on any atom is 0.308 e. The number of ether oxygens (including phenoxy) is 2. The van der Waals surface area contributed by atoms with Gasteiger partial charge < -0.3 is 9.47 Å². The van der Waals surface area contributed by atoms with Crippen LogP contribution < -0.4 is 4.74 Å². The Kier molecular flexibility index (Phi) is 5.78. The number of benzene rings is 1. The summed E-state index contributed by atoms with van der Waals surface area (Å²) < 4.78 is 37.0. The first-order valence-corrected chi connectivity index (χ1v) is 6.59. The van der Waals surface area contributed by atoms with Crippen LogP contribution in [0.15, 0.2) is 12.1 Å². The Balaban J connectivity index is 2.57. The van der Waals surface area contributed by atoms with E-state index in [1.165, 1.54) is 0 Å². The average Bonchev–Trinajstić information content (AvgIpc) is 2.34. The molecule has 0 N–H and O–H groups in total. The van der Waals surface area contributed by atoms with Crippen molar-refractivity contribution < 1.29 is 28.0 Å². The minimum atomic E-state index is -1.37. The first-order chi connectivity index (χ1) is 10.1. The van der Waals surface area contributed by atoms with Gasteiger partial charge in [-0.05, 0) is 33.3 Å². The van der Waals surface area contributed by atoms with Crippen molar-refractivity contribution in [2.45, 2.75) is 39.2 Å². The van der Waals surface area contributed by atoms with Gasteiger partial charge in [0.05, 0.1) is 11.5 Å². The van der Waals surface area contributed by atoms with Crippen molar-refractivity contribution >= 4 is 11.7 Å². The van der Waals surface area contributed by atoms with Crippen LogP contribution in [0, 0.1) is 21.7 Å². The zero-order chi connectivity index (χ0) is 16.9. The fraction of sp³-hybridized carbons (Fsp3) is 0.500. The molecule has 0 aromatic heterocycles. The number of esters is 1. The molecule has 1 aromatic rings. The van der Waals surface area contributed by atoms with Gasteiger partial charge in [-0.15, -0.1) is 0 Å². The normalized spacial score (nSPS) is 11.1. The van der Waals surface area contributed by atoms with E-state index < -0.39 is 39.6 Å². The van der Waals surface area contributed by atoms with Crippen molar-refractivity contribution in [3.63, 3.8) is 0 Å². The van der Waals surface area contributed by atoms with Crippen molar-refractivity contribution in [1.29, 1.82) is 0 Å². The summed E-state index contributed by atoms with van der Waals surface area (Å²) >= 11 is 0. The zero-order valence-corrected chi connectivity index (χ0v) is 12.5. The van der Waals surface area contributed by atoms with Gasteiger partial charge in [-0.25, -0.2) is 4.39 Å². The van der Waals surface area contributed by atoms with E-state index in [1.54, 1.807) is 20.8 Å². The van der Waals surface area contributed by atoms with E-state index in [-0.39, 0.29) is 19.4 Å². The Labute approximate surface area is 126 Å². The molecule has 0 aliphatic heterocycles. The number of nitrogens with zero attached hydrogens (tertiary/aromatic N) is 1. The van der Waals surface area contributed by atoms with E-state index in [1.807, 2.05) is 0 Å². The Hall–Kier alpha value is -2.25.